The number of pyridine rings is 1. The monoisotopic (exact) mass is 252 g/mol. The lowest BCUT2D eigenvalue weighted by molar-refractivity contribution is 0.198. The predicted molar refractivity (Wildman–Crippen MR) is 69.1 cm³/mol. The van der Waals surface area contributed by atoms with Gasteiger partial charge in [0.15, 0.2) is 0 Å². The molecule has 0 radical (unpaired) electrons. The fourth-order valence-corrected chi connectivity index (χ4v) is 2.18. The number of hydrogen-bond donors (Lipinski definition) is 1. The molecule has 0 spiro atoms. The zero-order chi connectivity index (χ0) is 13.0. The molecule has 1 aromatic heterocycles. The van der Waals surface area contributed by atoms with Crippen molar-refractivity contribution in [3.63, 3.8) is 0 Å². The van der Waals surface area contributed by atoms with Gasteiger partial charge in [-0.2, -0.15) is 0 Å². The van der Waals surface area contributed by atoms with Crippen molar-refractivity contribution in [3.8, 4) is 5.88 Å². The fourth-order valence-electron chi connectivity index (χ4n) is 2.18. The highest BCUT2D eigenvalue weighted by Gasteiger charge is 2.19. The van der Waals surface area contributed by atoms with Gasteiger partial charge in [-0.1, -0.05) is 13.8 Å². The van der Waals surface area contributed by atoms with E-state index in [2.05, 4.69) is 24.1 Å². The van der Waals surface area contributed by atoms with E-state index in [1.165, 1.54) is 25.1 Å². The van der Waals surface area contributed by atoms with E-state index in [0.717, 1.165) is 18.4 Å². The van der Waals surface area contributed by atoms with Gasteiger partial charge in [-0.3, -0.25) is 0 Å². The van der Waals surface area contributed by atoms with E-state index in [0.29, 0.717) is 18.5 Å². The molecule has 0 saturated heterocycles. The summed E-state index contributed by atoms with van der Waals surface area (Å²) >= 11 is 0. The molecule has 1 fully saturated rings. The third-order valence-corrected chi connectivity index (χ3v) is 3.17. The normalized spacial score (nSPS) is 16.4. The Morgan fingerprint density at radius 1 is 1.44 bits per heavy atom. The average molecular weight is 252 g/mol. The quantitative estimate of drug-likeness (QED) is 0.874. The van der Waals surface area contributed by atoms with Crippen LogP contribution in [0.25, 0.3) is 0 Å². The summed E-state index contributed by atoms with van der Waals surface area (Å²) in [4.78, 5) is 4.08. The molecule has 1 aliphatic rings. The Bertz CT molecular complexity index is 389. The van der Waals surface area contributed by atoms with Crippen molar-refractivity contribution >= 4 is 0 Å². The average Bonchev–Trinajstić information content (AvgIpc) is 2.82. The summed E-state index contributed by atoms with van der Waals surface area (Å²) in [6.07, 6.45) is 6.06. The Morgan fingerprint density at radius 2 is 2.17 bits per heavy atom. The molecule has 0 unspecified atom stereocenters. The second-order valence-corrected chi connectivity index (χ2v) is 5.18. The number of aromatic nitrogens is 1. The summed E-state index contributed by atoms with van der Waals surface area (Å²) < 4.78 is 19.1. The van der Waals surface area contributed by atoms with Crippen LogP contribution in [0, 0.1) is 5.82 Å². The molecule has 0 atom stereocenters. The highest BCUT2D eigenvalue weighted by molar-refractivity contribution is 5.26. The summed E-state index contributed by atoms with van der Waals surface area (Å²) in [6, 6.07) is 1.86. The number of halogens is 1. The fraction of sp³-hybridized carbons (Fsp3) is 0.643. The van der Waals surface area contributed by atoms with Gasteiger partial charge in [-0.15, -0.1) is 0 Å². The molecule has 2 rings (SSSR count). The van der Waals surface area contributed by atoms with Gasteiger partial charge in [0.25, 0.3) is 0 Å². The second-order valence-electron chi connectivity index (χ2n) is 5.18. The maximum atomic E-state index is 13.2. The zero-order valence-corrected chi connectivity index (χ0v) is 11.1. The van der Waals surface area contributed by atoms with Gasteiger partial charge in [-0.25, -0.2) is 9.37 Å². The van der Waals surface area contributed by atoms with E-state index in [9.17, 15) is 4.39 Å². The third-order valence-electron chi connectivity index (χ3n) is 3.17. The van der Waals surface area contributed by atoms with Gasteiger partial charge >= 0.3 is 0 Å². The Labute approximate surface area is 108 Å². The molecule has 0 bridgehead atoms. The molecule has 0 aliphatic heterocycles. The molecule has 4 heteroatoms. The van der Waals surface area contributed by atoms with Crippen LogP contribution in [0.4, 0.5) is 4.39 Å². The van der Waals surface area contributed by atoms with Crippen LogP contribution in [0.2, 0.25) is 0 Å². The highest BCUT2D eigenvalue weighted by Crippen LogP contribution is 2.25. The van der Waals surface area contributed by atoms with Crippen LogP contribution in [0.15, 0.2) is 12.3 Å². The summed E-state index contributed by atoms with van der Waals surface area (Å²) in [6.45, 7) is 4.71. The highest BCUT2D eigenvalue weighted by atomic mass is 19.1. The molecule has 1 aliphatic carbocycles. The molecule has 18 heavy (non-hydrogen) atoms. The summed E-state index contributed by atoms with van der Waals surface area (Å²) in [5, 5.41) is 3.27. The molecule has 1 saturated carbocycles. The van der Waals surface area contributed by atoms with E-state index < -0.39 is 0 Å². The molecule has 3 nitrogen and oxygen atoms in total. The molecule has 1 N–H and O–H groups in total. The molecular formula is C14H21FN2O. The first-order valence-corrected chi connectivity index (χ1v) is 6.69. The largest absolute Gasteiger partial charge is 0.474 e. The molecule has 0 aromatic carbocycles. The lowest BCUT2D eigenvalue weighted by Gasteiger charge is -2.16. The van der Waals surface area contributed by atoms with E-state index in [1.807, 2.05) is 0 Å². The van der Waals surface area contributed by atoms with Crippen LogP contribution >= 0.6 is 0 Å². The van der Waals surface area contributed by atoms with Gasteiger partial charge in [-0.05, 0) is 31.7 Å². The molecular weight excluding hydrogens is 231 g/mol. The Kier molecular flexibility index (Phi) is 4.53. The van der Waals surface area contributed by atoms with Crippen molar-refractivity contribution in [2.24, 2.45) is 0 Å². The van der Waals surface area contributed by atoms with Gasteiger partial charge in [0, 0.05) is 18.2 Å². The van der Waals surface area contributed by atoms with Gasteiger partial charge in [0.05, 0.1) is 6.20 Å². The maximum Gasteiger partial charge on any atom is 0.218 e. The summed E-state index contributed by atoms with van der Waals surface area (Å²) in [5.74, 6) is 0.269. The first-order chi connectivity index (χ1) is 8.65. The lowest BCUT2D eigenvalue weighted by Crippen LogP contribution is -2.23. The van der Waals surface area contributed by atoms with Crippen LogP contribution in [0.3, 0.4) is 0 Å². The van der Waals surface area contributed by atoms with Crippen molar-refractivity contribution in [3.05, 3.63) is 23.6 Å². The molecule has 0 amide bonds. The van der Waals surface area contributed by atoms with Crippen LogP contribution in [0.1, 0.15) is 45.1 Å². The number of nitrogens with one attached hydrogen (secondary N) is 1. The smallest absolute Gasteiger partial charge is 0.218 e. The van der Waals surface area contributed by atoms with E-state index >= 15 is 0 Å². The van der Waals surface area contributed by atoms with Crippen LogP contribution < -0.4 is 10.1 Å². The van der Waals surface area contributed by atoms with Crippen LogP contribution in [-0.2, 0) is 6.54 Å². The first kappa shape index (κ1) is 13.3. The number of ether oxygens (including phenoxy) is 1. The van der Waals surface area contributed by atoms with E-state index in [1.54, 1.807) is 0 Å². The minimum atomic E-state index is -0.311. The topological polar surface area (TPSA) is 34.2 Å². The standard InChI is InChI=1S/C14H21FN2O/c1-10(2)16-8-11-7-12(15)9-17-14(11)18-13-5-3-4-6-13/h7,9-10,13,16H,3-6,8H2,1-2H3. The van der Waals surface area contributed by atoms with E-state index in [-0.39, 0.29) is 11.9 Å². The molecule has 1 heterocycles. The summed E-state index contributed by atoms with van der Waals surface area (Å²) in [7, 11) is 0. The van der Waals surface area contributed by atoms with Gasteiger partial charge < -0.3 is 10.1 Å². The zero-order valence-electron chi connectivity index (χ0n) is 11.1. The van der Waals surface area contributed by atoms with Crippen molar-refractivity contribution < 1.29 is 9.13 Å². The minimum absolute atomic E-state index is 0.251. The first-order valence-electron chi connectivity index (χ1n) is 6.69. The summed E-state index contributed by atoms with van der Waals surface area (Å²) in [5.41, 5.74) is 0.801. The molecule has 1 aromatic rings. The molecule has 100 valence electrons. The Balaban J connectivity index is 2.06. The van der Waals surface area contributed by atoms with Crippen LogP contribution in [0.5, 0.6) is 5.88 Å². The van der Waals surface area contributed by atoms with Crippen molar-refractivity contribution in [1.82, 2.24) is 10.3 Å². The van der Waals surface area contributed by atoms with Crippen molar-refractivity contribution in [2.75, 3.05) is 0 Å². The Hall–Kier alpha value is -1.16. The van der Waals surface area contributed by atoms with Gasteiger partial charge in [0.1, 0.15) is 11.9 Å². The third kappa shape index (κ3) is 3.67. The lowest BCUT2D eigenvalue weighted by atomic mass is 10.2. The van der Waals surface area contributed by atoms with Crippen molar-refractivity contribution in [2.45, 2.75) is 58.2 Å². The predicted octanol–water partition coefficient (Wildman–Crippen LogP) is 3.04. The number of rotatable bonds is 5. The van der Waals surface area contributed by atoms with Crippen molar-refractivity contribution in [1.29, 1.82) is 0 Å². The van der Waals surface area contributed by atoms with Gasteiger partial charge in [0.2, 0.25) is 5.88 Å². The van der Waals surface area contributed by atoms with E-state index in [4.69, 9.17) is 4.74 Å². The second kappa shape index (κ2) is 6.14. The number of nitrogens with zero attached hydrogens (tertiary/aromatic N) is 1. The minimum Gasteiger partial charge on any atom is -0.474 e. The SMILES string of the molecule is CC(C)NCc1cc(F)cnc1OC1CCCC1. The van der Waals surface area contributed by atoms with Crippen LogP contribution in [-0.4, -0.2) is 17.1 Å². The number of hydrogen-bond acceptors (Lipinski definition) is 3. The maximum absolute atomic E-state index is 13.2. The Morgan fingerprint density at radius 3 is 2.83 bits per heavy atom.